The predicted molar refractivity (Wildman–Crippen MR) is 80.8 cm³/mol. The summed E-state index contributed by atoms with van der Waals surface area (Å²) < 4.78 is 0. The van der Waals surface area contributed by atoms with Crippen LogP contribution in [0.25, 0.3) is 0 Å². The van der Waals surface area contributed by atoms with Gasteiger partial charge in [0.05, 0.1) is 0 Å². The number of amides is 2. The fraction of sp³-hybridized carbons (Fsp3) is 0.867. The molecule has 0 fully saturated rings. The molecule has 118 valence electrons. The van der Waals surface area contributed by atoms with E-state index in [4.69, 9.17) is 5.11 Å². The van der Waals surface area contributed by atoms with Crippen molar-refractivity contribution >= 4 is 12.0 Å². The first kappa shape index (κ1) is 18.7. The molecule has 3 N–H and O–H groups in total. The van der Waals surface area contributed by atoms with Gasteiger partial charge < -0.3 is 15.7 Å². The SMILES string of the molecule is CCCCCCCCNC(=O)NC(C(=O)O)C(C)(C)C. The van der Waals surface area contributed by atoms with Crippen LogP contribution in [-0.2, 0) is 4.79 Å². The van der Waals surface area contributed by atoms with E-state index in [1.54, 1.807) is 20.8 Å². The van der Waals surface area contributed by atoms with Crippen molar-refractivity contribution in [3.63, 3.8) is 0 Å². The number of hydrogen-bond acceptors (Lipinski definition) is 2. The lowest BCUT2D eigenvalue weighted by molar-refractivity contribution is -0.141. The van der Waals surface area contributed by atoms with Crippen LogP contribution >= 0.6 is 0 Å². The summed E-state index contributed by atoms with van der Waals surface area (Å²) in [7, 11) is 0. The molecule has 0 aliphatic carbocycles. The number of carboxylic acids is 1. The van der Waals surface area contributed by atoms with Gasteiger partial charge in [0, 0.05) is 6.54 Å². The zero-order chi connectivity index (χ0) is 15.6. The van der Waals surface area contributed by atoms with Gasteiger partial charge in [-0.15, -0.1) is 0 Å². The maximum atomic E-state index is 11.7. The van der Waals surface area contributed by atoms with Gasteiger partial charge in [0.1, 0.15) is 6.04 Å². The second-order valence-corrected chi connectivity index (χ2v) is 6.31. The number of nitrogens with one attached hydrogen (secondary N) is 2. The van der Waals surface area contributed by atoms with Crippen LogP contribution in [0.2, 0.25) is 0 Å². The van der Waals surface area contributed by atoms with Crippen molar-refractivity contribution < 1.29 is 14.7 Å². The van der Waals surface area contributed by atoms with Crippen molar-refractivity contribution in [1.29, 1.82) is 0 Å². The predicted octanol–water partition coefficient (Wildman–Crippen LogP) is 3.15. The quantitative estimate of drug-likeness (QED) is 0.570. The first-order chi connectivity index (χ1) is 9.29. The number of carbonyl (C=O) groups is 2. The van der Waals surface area contributed by atoms with Crippen molar-refractivity contribution in [3.05, 3.63) is 0 Å². The average molecular weight is 286 g/mol. The van der Waals surface area contributed by atoms with Gasteiger partial charge in [0.15, 0.2) is 0 Å². The Morgan fingerprint density at radius 1 is 1.05 bits per heavy atom. The third-order valence-corrected chi connectivity index (χ3v) is 3.20. The molecule has 0 saturated carbocycles. The van der Waals surface area contributed by atoms with Crippen LogP contribution in [0, 0.1) is 5.41 Å². The molecule has 0 aromatic rings. The lowest BCUT2D eigenvalue weighted by Crippen LogP contribution is -2.52. The smallest absolute Gasteiger partial charge is 0.326 e. The van der Waals surface area contributed by atoms with Crippen molar-refractivity contribution in [1.82, 2.24) is 10.6 Å². The van der Waals surface area contributed by atoms with Crippen LogP contribution in [0.1, 0.15) is 66.2 Å². The summed E-state index contributed by atoms with van der Waals surface area (Å²) >= 11 is 0. The first-order valence-corrected chi connectivity index (χ1v) is 7.56. The van der Waals surface area contributed by atoms with E-state index in [1.807, 2.05) is 0 Å². The molecule has 0 saturated heterocycles. The van der Waals surface area contributed by atoms with E-state index in [2.05, 4.69) is 17.6 Å². The maximum Gasteiger partial charge on any atom is 0.326 e. The van der Waals surface area contributed by atoms with Gasteiger partial charge >= 0.3 is 12.0 Å². The highest BCUT2D eigenvalue weighted by Crippen LogP contribution is 2.19. The second-order valence-electron chi connectivity index (χ2n) is 6.31. The molecule has 0 spiro atoms. The fourth-order valence-electron chi connectivity index (χ4n) is 1.94. The summed E-state index contributed by atoms with van der Waals surface area (Å²) in [6.45, 7) is 8.15. The van der Waals surface area contributed by atoms with Gasteiger partial charge in [-0.05, 0) is 11.8 Å². The second kappa shape index (κ2) is 9.61. The summed E-state index contributed by atoms with van der Waals surface area (Å²) in [5.74, 6) is -1.01. The van der Waals surface area contributed by atoms with E-state index in [0.717, 1.165) is 12.8 Å². The molecule has 0 radical (unpaired) electrons. The van der Waals surface area contributed by atoms with E-state index in [9.17, 15) is 9.59 Å². The molecular formula is C15H30N2O3. The van der Waals surface area contributed by atoms with Crippen LogP contribution in [0.5, 0.6) is 0 Å². The Hall–Kier alpha value is -1.26. The Bertz CT molecular complexity index is 298. The molecule has 1 atom stereocenters. The van der Waals surface area contributed by atoms with Crippen LogP contribution in [-0.4, -0.2) is 29.7 Å². The Labute approximate surface area is 122 Å². The van der Waals surface area contributed by atoms with Gasteiger partial charge in [-0.25, -0.2) is 9.59 Å². The Morgan fingerprint density at radius 2 is 1.60 bits per heavy atom. The third kappa shape index (κ3) is 8.77. The largest absolute Gasteiger partial charge is 0.480 e. The normalized spacial score (nSPS) is 12.8. The van der Waals surface area contributed by atoms with Gasteiger partial charge in [-0.2, -0.15) is 0 Å². The van der Waals surface area contributed by atoms with Crippen LogP contribution in [0.15, 0.2) is 0 Å². The fourth-order valence-corrected chi connectivity index (χ4v) is 1.94. The van der Waals surface area contributed by atoms with Crippen molar-refractivity contribution in [2.24, 2.45) is 5.41 Å². The molecule has 0 aliphatic heterocycles. The number of rotatable bonds is 9. The third-order valence-electron chi connectivity index (χ3n) is 3.20. The minimum absolute atomic E-state index is 0.402. The van der Waals surface area contributed by atoms with Gasteiger partial charge in [0.25, 0.3) is 0 Å². The minimum Gasteiger partial charge on any atom is -0.480 e. The Balaban J connectivity index is 3.84. The van der Waals surface area contributed by atoms with Gasteiger partial charge in [0.2, 0.25) is 0 Å². The summed E-state index contributed by atoms with van der Waals surface area (Å²) in [5.41, 5.74) is -0.511. The Kier molecular flexibility index (Phi) is 9.01. The zero-order valence-electron chi connectivity index (χ0n) is 13.3. The summed E-state index contributed by atoms with van der Waals surface area (Å²) in [6, 6.07) is -1.28. The molecule has 2 amide bonds. The standard InChI is InChI=1S/C15H30N2O3/c1-5-6-7-8-9-10-11-16-14(20)17-12(13(18)19)15(2,3)4/h12H,5-11H2,1-4H3,(H,18,19)(H2,16,17,20). The molecule has 0 bridgehead atoms. The van der Waals surface area contributed by atoms with E-state index in [-0.39, 0.29) is 0 Å². The van der Waals surface area contributed by atoms with Gasteiger partial charge in [-0.1, -0.05) is 59.8 Å². The molecule has 0 heterocycles. The van der Waals surface area contributed by atoms with E-state index >= 15 is 0 Å². The maximum absolute atomic E-state index is 11.7. The topological polar surface area (TPSA) is 78.4 Å². The molecule has 1 unspecified atom stereocenters. The number of carboxylic acid groups (broad SMARTS) is 1. The molecule has 20 heavy (non-hydrogen) atoms. The van der Waals surface area contributed by atoms with E-state index in [0.29, 0.717) is 6.54 Å². The summed E-state index contributed by atoms with van der Waals surface area (Å²) in [4.78, 5) is 22.8. The van der Waals surface area contributed by atoms with Crippen molar-refractivity contribution in [3.8, 4) is 0 Å². The summed E-state index contributed by atoms with van der Waals surface area (Å²) in [6.07, 6.45) is 6.96. The van der Waals surface area contributed by atoms with E-state index < -0.39 is 23.5 Å². The van der Waals surface area contributed by atoms with Crippen LogP contribution < -0.4 is 10.6 Å². The van der Waals surface area contributed by atoms with Crippen LogP contribution in [0.3, 0.4) is 0 Å². The monoisotopic (exact) mass is 286 g/mol. The zero-order valence-corrected chi connectivity index (χ0v) is 13.3. The Morgan fingerprint density at radius 3 is 2.10 bits per heavy atom. The first-order valence-electron chi connectivity index (χ1n) is 7.56. The molecule has 0 rings (SSSR count). The summed E-state index contributed by atoms with van der Waals surface area (Å²) in [5, 5.41) is 14.3. The molecule has 0 aromatic carbocycles. The van der Waals surface area contributed by atoms with Crippen LogP contribution in [0.4, 0.5) is 4.79 Å². The number of hydrogen-bond donors (Lipinski definition) is 3. The number of carbonyl (C=O) groups excluding carboxylic acids is 1. The molecule has 5 heteroatoms. The number of unbranched alkanes of at least 4 members (excludes halogenated alkanes) is 5. The number of urea groups is 1. The average Bonchev–Trinajstić information content (AvgIpc) is 2.33. The van der Waals surface area contributed by atoms with E-state index in [1.165, 1.54) is 25.7 Å². The molecular weight excluding hydrogens is 256 g/mol. The highest BCUT2D eigenvalue weighted by molar-refractivity contribution is 5.83. The highest BCUT2D eigenvalue weighted by atomic mass is 16.4. The van der Waals surface area contributed by atoms with Crippen molar-refractivity contribution in [2.45, 2.75) is 72.3 Å². The highest BCUT2D eigenvalue weighted by Gasteiger charge is 2.32. The lowest BCUT2D eigenvalue weighted by Gasteiger charge is -2.27. The molecule has 0 aliphatic rings. The van der Waals surface area contributed by atoms with Crippen molar-refractivity contribution in [2.75, 3.05) is 6.54 Å². The molecule has 5 nitrogen and oxygen atoms in total. The van der Waals surface area contributed by atoms with Gasteiger partial charge in [-0.3, -0.25) is 0 Å². The lowest BCUT2D eigenvalue weighted by atomic mass is 9.87. The minimum atomic E-state index is -1.01. The molecule has 0 aromatic heterocycles. The number of aliphatic carboxylic acids is 1.